The second kappa shape index (κ2) is 10.4. The van der Waals surface area contributed by atoms with Crippen LogP contribution in [0, 0.1) is 16.7 Å². The van der Waals surface area contributed by atoms with Crippen molar-refractivity contribution in [3.8, 4) is 0 Å². The summed E-state index contributed by atoms with van der Waals surface area (Å²) >= 11 is 0. The first-order valence-electron chi connectivity index (χ1n) is 9.18. The molecular formula is C20H32O7. The van der Waals surface area contributed by atoms with E-state index in [0.717, 1.165) is 25.3 Å². The molecule has 0 aromatic rings. The first kappa shape index (κ1) is 23.1. The fraction of sp³-hybridized carbons (Fsp3) is 0.750. The third-order valence-corrected chi connectivity index (χ3v) is 4.84. The van der Waals surface area contributed by atoms with Gasteiger partial charge in [-0.25, -0.2) is 4.79 Å². The summed E-state index contributed by atoms with van der Waals surface area (Å²) in [6.07, 6.45) is 4.99. The second-order valence-electron chi connectivity index (χ2n) is 8.35. The number of esters is 3. The minimum Gasteiger partial charge on any atom is -0.438 e. The Morgan fingerprint density at radius 1 is 1.04 bits per heavy atom. The predicted molar refractivity (Wildman–Crippen MR) is 98.3 cm³/mol. The molecule has 1 fully saturated rings. The molecule has 1 aliphatic rings. The molecule has 0 heterocycles. The molecule has 0 saturated heterocycles. The molecule has 1 rings (SSSR count). The normalized spacial score (nSPS) is 23.9. The van der Waals surface area contributed by atoms with Crippen LogP contribution in [0.1, 0.15) is 59.3 Å². The van der Waals surface area contributed by atoms with E-state index in [1.165, 1.54) is 7.11 Å². The Morgan fingerprint density at radius 3 is 2.33 bits per heavy atom. The zero-order valence-electron chi connectivity index (χ0n) is 16.9. The van der Waals surface area contributed by atoms with E-state index < -0.39 is 18.7 Å². The van der Waals surface area contributed by atoms with Crippen molar-refractivity contribution in [1.82, 2.24) is 0 Å². The van der Waals surface area contributed by atoms with E-state index in [-0.39, 0.29) is 35.9 Å². The molecule has 7 nitrogen and oxygen atoms in total. The van der Waals surface area contributed by atoms with Crippen molar-refractivity contribution >= 4 is 17.9 Å². The van der Waals surface area contributed by atoms with Crippen LogP contribution >= 0.6 is 0 Å². The Kier molecular flexibility index (Phi) is 8.96. The van der Waals surface area contributed by atoms with Crippen LogP contribution in [0.25, 0.3) is 0 Å². The van der Waals surface area contributed by atoms with E-state index in [4.69, 9.17) is 14.2 Å². The fourth-order valence-electron chi connectivity index (χ4n) is 4.29. The fourth-order valence-corrected chi connectivity index (χ4v) is 4.29. The van der Waals surface area contributed by atoms with E-state index >= 15 is 0 Å². The number of methoxy groups -OCH3 is 1. The lowest BCUT2D eigenvalue weighted by atomic mass is 9.59. The summed E-state index contributed by atoms with van der Waals surface area (Å²) in [5.41, 5.74) is -0.00658. The standard InChI is InChI=1S/C20H32O7/c1-6-16(21)26-14-27-17(22)7-8-20(4)11-15(10-19(2,3)12-20)9-18(23)25-13-24-5/h6,15H,1,7-14H2,2-5H3. The molecule has 0 amide bonds. The SMILES string of the molecule is C=CC(=O)OCOC(=O)CCC1(C)CC(CC(=O)OCOC)CC(C)(C)C1. The maximum atomic E-state index is 11.9. The third kappa shape index (κ3) is 9.04. The summed E-state index contributed by atoms with van der Waals surface area (Å²) in [7, 11) is 1.48. The molecule has 0 aromatic heterocycles. The highest BCUT2D eigenvalue weighted by molar-refractivity contribution is 5.81. The van der Waals surface area contributed by atoms with Crippen molar-refractivity contribution in [3.05, 3.63) is 12.7 Å². The van der Waals surface area contributed by atoms with Gasteiger partial charge in [0.05, 0.1) is 0 Å². The Bertz CT molecular complexity index is 540. The molecule has 7 heteroatoms. The highest BCUT2D eigenvalue weighted by Gasteiger charge is 2.41. The Morgan fingerprint density at radius 2 is 1.70 bits per heavy atom. The van der Waals surface area contributed by atoms with Crippen LogP contribution in [0.3, 0.4) is 0 Å². The van der Waals surface area contributed by atoms with Crippen molar-refractivity contribution in [2.75, 3.05) is 20.7 Å². The first-order valence-corrected chi connectivity index (χ1v) is 9.18. The first-order chi connectivity index (χ1) is 12.6. The van der Waals surface area contributed by atoms with E-state index in [9.17, 15) is 14.4 Å². The maximum absolute atomic E-state index is 11.9. The van der Waals surface area contributed by atoms with Crippen LogP contribution in [0.4, 0.5) is 0 Å². The Hall–Kier alpha value is -1.89. The largest absolute Gasteiger partial charge is 0.438 e. The third-order valence-electron chi connectivity index (χ3n) is 4.84. The highest BCUT2D eigenvalue weighted by Crippen LogP contribution is 2.51. The van der Waals surface area contributed by atoms with Crippen LogP contribution in [0.2, 0.25) is 0 Å². The average molecular weight is 384 g/mol. The Balaban J connectivity index is 2.53. The van der Waals surface area contributed by atoms with Gasteiger partial charge in [0.15, 0.2) is 6.79 Å². The zero-order chi connectivity index (χ0) is 20.5. The van der Waals surface area contributed by atoms with Crippen molar-refractivity contribution in [3.63, 3.8) is 0 Å². The number of carbonyl (C=O) groups is 3. The van der Waals surface area contributed by atoms with Crippen molar-refractivity contribution < 1.29 is 33.3 Å². The molecule has 27 heavy (non-hydrogen) atoms. The molecule has 2 unspecified atom stereocenters. The van der Waals surface area contributed by atoms with E-state index in [1.54, 1.807) is 0 Å². The lowest BCUT2D eigenvalue weighted by Crippen LogP contribution is -2.37. The molecule has 0 aliphatic heterocycles. The summed E-state index contributed by atoms with van der Waals surface area (Å²) in [5.74, 6) is -1.10. The molecule has 0 spiro atoms. The number of hydrogen-bond acceptors (Lipinski definition) is 7. The number of ether oxygens (including phenoxy) is 4. The van der Waals surface area contributed by atoms with Crippen molar-refractivity contribution in [2.24, 2.45) is 16.7 Å². The minimum absolute atomic E-state index is 0.0333. The monoisotopic (exact) mass is 384 g/mol. The molecule has 0 radical (unpaired) electrons. The molecule has 154 valence electrons. The van der Waals surface area contributed by atoms with Crippen LogP contribution in [0.5, 0.6) is 0 Å². The summed E-state index contributed by atoms with van der Waals surface area (Å²) < 4.78 is 19.4. The molecular weight excluding hydrogens is 352 g/mol. The molecule has 0 bridgehead atoms. The van der Waals surface area contributed by atoms with Crippen LogP contribution < -0.4 is 0 Å². The summed E-state index contributed by atoms with van der Waals surface area (Å²) in [4.78, 5) is 34.8. The van der Waals surface area contributed by atoms with Gasteiger partial charge in [-0.15, -0.1) is 0 Å². The van der Waals surface area contributed by atoms with E-state index in [1.807, 2.05) is 0 Å². The van der Waals surface area contributed by atoms with E-state index in [2.05, 4.69) is 32.1 Å². The number of hydrogen-bond donors (Lipinski definition) is 0. The van der Waals surface area contributed by atoms with Gasteiger partial charge in [0.2, 0.25) is 6.79 Å². The number of carbonyl (C=O) groups excluding carboxylic acids is 3. The summed E-state index contributed by atoms with van der Waals surface area (Å²) in [6, 6.07) is 0. The zero-order valence-corrected chi connectivity index (χ0v) is 16.9. The predicted octanol–water partition coefficient (Wildman–Crippen LogP) is 3.37. The second-order valence-corrected chi connectivity index (χ2v) is 8.35. The maximum Gasteiger partial charge on any atom is 0.333 e. The van der Waals surface area contributed by atoms with Crippen LogP contribution in [-0.4, -0.2) is 38.6 Å². The smallest absolute Gasteiger partial charge is 0.333 e. The molecule has 2 atom stereocenters. The lowest BCUT2D eigenvalue weighted by molar-refractivity contribution is -0.165. The van der Waals surface area contributed by atoms with Gasteiger partial charge in [-0.1, -0.05) is 27.4 Å². The van der Waals surface area contributed by atoms with Gasteiger partial charge in [0.1, 0.15) is 0 Å². The van der Waals surface area contributed by atoms with E-state index in [0.29, 0.717) is 12.8 Å². The molecule has 1 aliphatic carbocycles. The summed E-state index contributed by atoms with van der Waals surface area (Å²) in [6.45, 7) is 9.35. The van der Waals surface area contributed by atoms with Crippen LogP contribution in [0.15, 0.2) is 12.7 Å². The topological polar surface area (TPSA) is 88.1 Å². The highest BCUT2D eigenvalue weighted by atomic mass is 16.7. The van der Waals surface area contributed by atoms with Gasteiger partial charge in [0.25, 0.3) is 0 Å². The van der Waals surface area contributed by atoms with Gasteiger partial charge in [0, 0.05) is 26.0 Å². The average Bonchev–Trinajstić information content (AvgIpc) is 2.56. The summed E-state index contributed by atoms with van der Waals surface area (Å²) in [5, 5.41) is 0. The number of rotatable bonds is 10. The van der Waals surface area contributed by atoms with Crippen molar-refractivity contribution in [2.45, 2.75) is 59.3 Å². The molecule has 0 N–H and O–H groups in total. The molecule has 0 aromatic carbocycles. The lowest BCUT2D eigenvalue weighted by Gasteiger charge is -2.46. The van der Waals surface area contributed by atoms with Gasteiger partial charge >= 0.3 is 17.9 Å². The molecule has 1 saturated carbocycles. The van der Waals surface area contributed by atoms with Gasteiger partial charge < -0.3 is 18.9 Å². The van der Waals surface area contributed by atoms with Gasteiger partial charge in [-0.3, -0.25) is 9.59 Å². The quantitative estimate of drug-likeness (QED) is 0.324. The Labute approximate surface area is 161 Å². The van der Waals surface area contributed by atoms with Crippen molar-refractivity contribution in [1.29, 1.82) is 0 Å². The van der Waals surface area contributed by atoms with Gasteiger partial charge in [-0.2, -0.15) is 0 Å². The minimum atomic E-state index is -0.632. The van der Waals surface area contributed by atoms with Gasteiger partial charge in [-0.05, 0) is 42.4 Å². The van der Waals surface area contributed by atoms with Crippen LogP contribution in [-0.2, 0) is 33.3 Å².